The third-order valence-corrected chi connectivity index (χ3v) is 3.78. The molecule has 1 heterocycles. The Morgan fingerprint density at radius 1 is 1.48 bits per heavy atom. The molecule has 1 fully saturated rings. The van der Waals surface area contributed by atoms with E-state index in [9.17, 15) is 9.18 Å². The van der Waals surface area contributed by atoms with E-state index in [4.69, 9.17) is 5.73 Å². The molecule has 0 spiro atoms. The summed E-state index contributed by atoms with van der Waals surface area (Å²) in [5, 5.41) is 0. The second-order valence-corrected chi connectivity index (χ2v) is 5.28. The van der Waals surface area contributed by atoms with Crippen LogP contribution in [0.4, 0.5) is 4.39 Å². The van der Waals surface area contributed by atoms with E-state index in [0.717, 1.165) is 6.54 Å². The minimum Gasteiger partial charge on any atom is -0.336 e. The minimum atomic E-state index is -0.432. The van der Waals surface area contributed by atoms with Crippen LogP contribution in [-0.2, 0) is 0 Å². The van der Waals surface area contributed by atoms with Crippen LogP contribution in [0.25, 0.3) is 0 Å². The van der Waals surface area contributed by atoms with Crippen molar-refractivity contribution >= 4 is 5.91 Å². The second-order valence-electron chi connectivity index (χ2n) is 5.28. The van der Waals surface area contributed by atoms with Crippen LogP contribution in [0.2, 0.25) is 0 Å². The van der Waals surface area contributed by atoms with Gasteiger partial charge in [0.1, 0.15) is 5.82 Å². The third kappa shape index (κ3) is 3.60. The van der Waals surface area contributed by atoms with Crippen molar-refractivity contribution in [1.29, 1.82) is 0 Å². The van der Waals surface area contributed by atoms with Crippen molar-refractivity contribution in [2.24, 2.45) is 5.73 Å². The van der Waals surface area contributed by atoms with Gasteiger partial charge in [-0.2, -0.15) is 0 Å². The van der Waals surface area contributed by atoms with E-state index in [1.165, 1.54) is 18.2 Å². The van der Waals surface area contributed by atoms with Crippen LogP contribution in [0.15, 0.2) is 18.2 Å². The van der Waals surface area contributed by atoms with Gasteiger partial charge in [0, 0.05) is 31.2 Å². The number of benzene rings is 1. The number of carbonyl (C=O) groups excluding carboxylic acids is 1. The summed E-state index contributed by atoms with van der Waals surface area (Å²) >= 11 is 0. The summed E-state index contributed by atoms with van der Waals surface area (Å²) in [6.07, 6.45) is 0. The SMILES string of the molecule is CC1CN(C(=O)c2cc(F)ccc2C#CCN)CCN1C. The van der Waals surface area contributed by atoms with Crippen molar-refractivity contribution in [1.82, 2.24) is 9.80 Å². The summed E-state index contributed by atoms with van der Waals surface area (Å²) in [7, 11) is 2.03. The fourth-order valence-corrected chi connectivity index (χ4v) is 2.35. The average Bonchev–Trinajstić information content (AvgIpc) is 2.48. The molecule has 1 atom stereocenters. The number of carbonyl (C=O) groups is 1. The van der Waals surface area contributed by atoms with E-state index in [1.807, 2.05) is 7.05 Å². The molecule has 21 heavy (non-hydrogen) atoms. The van der Waals surface area contributed by atoms with Gasteiger partial charge in [-0.1, -0.05) is 11.8 Å². The molecule has 0 aliphatic carbocycles. The largest absolute Gasteiger partial charge is 0.336 e. The zero-order valence-electron chi connectivity index (χ0n) is 12.4. The summed E-state index contributed by atoms with van der Waals surface area (Å²) in [6, 6.07) is 4.38. The molecule has 2 rings (SSSR count). The summed E-state index contributed by atoms with van der Waals surface area (Å²) < 4.78 is 13.5. The number of rotatable bonds is 1. The Bertz CT molecular complexity index is 591. The maximum atomic E-state index is 13.5. The quantitative estimate of drug-likeness (QED) is 0.782. The highest BCUT2D eigenvalue weighted by Gasteiger charge is 2.26. The number of hydrogen-bond acceptors (Lipinski definition) is 3. The molecule has 0 bridgehead atoms. The second kappa shape index (κ2) is 6.70. The smallest absolute Gasteiger partial charge is 0.255 e. The van der Waals surface area contributed by atoms with E-state index < -0.39 is 5.82 Å². The number of hydrogen-bond donors (Lipinski definition) is 1. The van der Waals surface area contributed by atoms with Crippen LogP contribution in [0.5, 0.6) is 0 Å². The first kappa shape index (κ1) is 15.5. The Balaban J connectivity index is 2.28. The fraction of sp³-hybridized carbons (Fsp3) is 0.438. The van der Waals surface area contributed by atoms with Crippen LogP contribution >= 0.6 is 0 Å². The minimum absolute atomic E-state index is 0.171. The van der Waals surface area contributed by atoms with Gasteiger partial charge in [0.15, 0.2) is 0 Å². The molecule has 4 nitrogen and oxygen atoms in total. The van der Waals surface area contributed by atoms with Gasteiger partial charge in [0.05, 0.1) is 12.1 Å². The predicted octanol–water partition coefficient (Wildman–Crippen LogP) is 0.912. The highest BCUT2D eigenvalue weighted by Crippen LogP contribution is 2.16. The molecule has 112 valence electrons. The van der Waals surface area contributed by atoms with Crippen molar-refractivity contribution in [2.45, 2.75) is 13.0 Å². The van der Waals surface area contributed by atoms with Gasteiger partial charge in [-0.25, -0.2) is 4.39 Å². The maximum absolute atomic E-state index is 13.5. The molecule has 1 aromatic rings. The Labute approximate surface area is 124 Å². The van der Waals surface area contributed by atoms with Gasteiger partial charge < -0.3 is 15.5 Å². The molecule has 5 heteroatoms. The Morgan fingerprint density at radius 2 is 2.24 bits per heavy atom. The molecule has 1 saturated heterocycles. The van der Waals surface area contributed by atoms with Crippen LogP contribution in [-0.4, -0.2) is 55.0 Å². The third-order valence-electron chi connectivity index (χ3n) is 3.78. The van der Waals surface area contributed by atoms with Crippen molar-refractivity contribution < 1.29 is 9.18 Å². The lowest BCUT2D eigenvalue weighted by Gasteiger charge is -2.37. The van der Waals surface area contributed by atoms with Gasteiger partial charge in [0.2, 0.25) is 0 Å². The van der Waals surface area contributed by atoms with E-state index in [1.54, 1.807) is 4.90 Å². The lowest BCUT2D eigenvalue weighted by atomic mass is 10.0. The fourth-order valence-electron chi connectivity index (χ4n) is 2.35. The van der Waals surface area contributed by atoms with Crippen LogP contribution in [0, 0.1) is 17.7 Å². The van der Waals surface area contributed by atoms with E-state index >= 15 is 0 Å². The molecular formula is C16H20FN3O. The Morgan fingerprint density at radius 3 is 2.90 bits per heavy atom. The number of piperazine rings is 1. The van der Waals surface area contributed by atoms with Crippen molar-refractivity contribution in [3.63, 3.8) is 0 Å². The molecule has 0 radical (unpaired) electrons. The number of likely N-dealkylation sites (N-methyl/N-ethyl adjacent to an activating group) is 1. The highest BCUT2D eigenvalue weighted by molar-refractivity contribution is 5.96. The first-order valence-corrected chi connectivity index (χ1v) is 7.01. The van der Waals surface area contributed by atoms with Crippen LogP contribution in [0.3, 0.4) is 0 Å². The van der Waals surface area contributed by atoms with Gasteiger partial charge in [0.25, 0.3) is 5.91 Å². The van der Waals surface area contributed by atoms with E-state index in [0.29, 0.717) is 24.2 Å². The Kier molecular flexibility index (Phi) is 4.94. The van der Waals surface area contributed by atoms with E-state index in [2.05, 4.69) is 23.7 Å². The maximum Gasteiger partial charge on any atom is 0.255 e. The van der Waals surface area contributed by atoms with Crippen molar-refractivity contribution in [3.05, 3.63) is 35.1 Å². The van der Waals surface area contributed by atoms with Crippen LogP contribution < -0.4 is 5.73 Å². The molecule has 0 saturated carbocycles. The lowest BCUT2D eigenvalue weighted by Crippen LogP contribution is -2.52. The number of nitrogens with zero attached hydrogens (tertiary/aromatic N) is 2. The van der Waals surface area contributed by atoms with E-state index in [-0.39, 0.29) is 18.5 Å². The monoisotopic (exact) mass is 289 g/mol. The standard InChI is InChI=1S/C16H20FN3O/c1-12-11-20(9-8-19(12)2)16(21)15-10-14(17)6-5-13(15)4-3-7-18/h5-6,10,12H,7-9,11,18H2,1-2H3. The molecule has 1 aliphatic rings. The molecule has 1 amide bonds. The predicted molar refractivity (Wildman–Crippen MR) is 80.3 cm³/mol. The topological polar surface area (TPSA) is 49.6 Å². The first-order chi connectivity index (χ1) is 10.0. The van der Waals surface area contributed by atoms with Crippen LogP contribution in [0.1, 0.15) is 22.8 Å². The summed E-state index contributed by atoms with van der Waals surface area (Å²) in [5.74, 6) is 4.95. The van der Waals surface area contributed by atoms with Gasteiger partial charge in [-0.3, -0.25) is 4.79 Å². The van der Waals surface area contributed by atoms with Gasteiger partial charge in [-0.15, -0.1) is 0 Å². The summed E-state index contributed by atoms with van der Waals surface area (Å²) in [5.41, 5.74) is 6.20. The molecule has 2 N–H and O–H groups in total. The van der Waals surface area contributed by atoms with Crippen molar-refractivity contribution in [3.8, 4) is 11.8 Å². The van der Waals surface area contributed by atoms with Gasteiger partial charge in [-0.05, 0) is 32.2 Å². The normalized spacial score (nSPS) is 19.0. The molecule has 1 aromatic carbocycles. The first-order valence-electron chi connectivity index (χ1n) is 7.01. The van der Waals surface area contributed by atoms with Gasteiger partial charge >= 0.3 is 0 Å². The number of halogens is 1. The lowest BCUT2D eigenvalue weighted by molar-refractivity contribution is 0.0571. The summed E-state index contributed by atoms with van der Waals surface area (Å²) in [4.78, 5) is 16.6. The number of nitrogens with two attached hydrogens (primary N) is 1. The Hall–Kier alpha value is -1.90. The average molecular weight is 289 g/mol. The zero-order valence-corrected chi connectivity index (χ0v) is 12.4. The molecule has 1 aliphatic heterocycles. The van der Waals surface area contributed by atoms with Crippen molar-refractivity contribution in [2.75, 3.05) is 33.2 Å². The number of amides is 1. The molecule has 1 unspecified atom stereocenters. The highest BCUT2D eigenvalue weighted by atomic mass is 19.1. The molecular weight excluding hydrogens is 269 g/mol. The molecule has 0 aromatic heterocycles. The zero-order chi connectivity index (χ0) is 15.4. The summed E-state index contributed by atoms with van der Waals surface area (Å²) in [6.45, 7) is 4.36.